The summed E-state index contributed by atoms with van der Waals surface area (Å²) in [7, 11) is -2.60. The van der Waals surface area contributed by atoms with Crippen molar-refractivity contribution >= 4 is 38.9 Å². The van der Waals surface area contributed by atoms with E-state index in [-0.39, 0.29) is 23.0 Å². The topological polar surface area (TPSA) is 93.7 Å². The monoisotopic (exact) mass is 488 g/mol. The van der Waals surface area contributed by atoms with Crippen molar-refractivity contribution in [1.82, 2.24) is 0 Å². The summed E-state index contributed by atoms with van der Waals surface area (Å²) in [5, 5.41) is 3.35. The molecule has 0 heterocycles. The molecular weight excluding hydrogens is 464 g/mol. The Morgan fingerprint density at radius 1 is 1.00 bits per heavy atom. The van der Waals surface area contributed by atoms with Gasteiger partial charge in [-0.25, -0.2) is 8.42 Å². The number of ether oxygens (including phenoxy) is 2. The second-order valence-corrected chi connectivity index (χ2v) is 9.19. The third-order valence-electron chi connectivity index (χ3n) is 4.68. The van der Waals surface area contributed by atoms with Gasteiger partial charge in [-0.2, -0.15) is 0 Å². The van der Waals surface area contributed by atoms with Crippen molar-refractivity contribution < 1.29 is 22.7 Å². The van der Waals surface area contributed by atoms with Crippen molar-refractivity contribution in [3.8, 4) is 11.5 Å². The molecule has 0 unspecified atom stereocenters. The second kappa shape index (κ2) is 11.1. The molecule has 1 amide bonds. The smallest absolute Gasteiger partial charge is 0.265 e. The van der Waals surface area contributed by atoms with Crippen LogP contribution in [0.15, 0.2) is 71.6 Å². The highest BCUT2D eigenvalue weighted by Crippen LogP contribution is 2.29. The Kier molecular flexibility index (Phi) is 8.19. The van der Waals surface area contributed by atoms with E-state index in [0.717, 1.165) is 5.56 Å². The molecular formula is C24H25ClN2O5S. The van der Waals surface area contributed by atoms with E-state index in [2.05, 4.69) is 10.0 Å². The molecule has 0 aliphatic carbocycles. The Bertz CT molecular complexity index is 1210. The van der Waals surface area contributed by atoms with Crippen LogP contribution < -0.4 is 19.5 Å². The van der Waals surface area contributed by atoms with Gasteiger partial charge < -0.3 is 14.8 Å². The predicted molar refractivity (Wildman–Crippen MR) is 130 cm³/mol. The molecule has 0 bridgehead atoms. The van der Waals surface area contributed by atoms with Crippen LogP contribution in [0, 0.1) is 0 Å². The summed E-state index contributed by atoms with van der Waals surface area (Å²) >= 11 is 5.98. The highest BCUT2D eigenvalue weighted by Gasteiger charge is 2.21. The summed E-state index contributed by atoms with van der Waals surface area (Å²) in [6.45, 7) is 2.38. The lowest BCUT2D eigenvalue weighted by atomic mass is 10.1. The SMILES string of the molecule is CCOc1ccc(NS(=O)(=O)c2cc(NC(=O)CCc3cccc(Cl)c3)ccc2OC)cc1. The number of carbonyl (C=O) groups excluding carboxylic acids is 1. The summed E-state index contributed by atoms with van der Waals surface area (Å²) in [6, 6.07) is 18.3. The highest BCUT2D eigenvalue weighted by atomic mass is 35.5. The van der Waals surface area contributed by atoms with Crippen LogP contribution in [0.1, 0.15) is 18.9 Å². The van der Waals surface area contributed by atoms with Crippen molar-refractivity contribution in [3.05, 3.63) is 77.3 Å². The fraction of sp³-hybridized carbons (Fsp3) is 0.208. The van der Waals surface area contributed by atoms with Crippen molar-refractivity contribution in [1.29, 1.82) is 0 Å². The number of sulfonamides is 1. The summed E-state index contributed by atoms with van der Waals surface area (Å²) in [5.41, 5.74) is 1.66. The molecule has 0 aliphatic heterocycles. The number of nitrogens with one attached hydrogen (secondary N) is 2. The van der Waals surface area contributed by atoms with Crippen LogP contribution in [0.2, 0.25) is 5.02 Å². The number of hydrogen-bond donors (Lipinski definition) is 2. The molecule has 9 heteroatoms. The van der Waals surface area contributed by atoms with Crippen LogP contribution in [0.4, 0.5) is 11.4 Å². The maximum absolute atomic E-state index is 13.0. The maximum Gasteiger partial charge on any atom is 0.265 e. The second-order valence-electron chi connectivity index (χ2n) is 7.11. The van der Waals surface area contributed by atoms with Gasteiger partial charge in [0.2, 0.25) is 5.91 Å². The molecule has 0 saturated heterocycles. The van der Waals surface area contributed by atoms with Crippen molar-refractivity contribution in [3.63, 3.8) is 0 Å². The van der Waals surface area contributed by atoms with Gasteiger partial charge in [0.15, 0.2) is 0 Å². The third kappa shape index (κ3) is 6.87. The third-order valence-corrected chi connectivity index (χ3v) is 6.32. The van der Waals surface area contributed by atoms with Crippen LogP contribution in [0.3, 0.4) is 0 Å². The molecule has 174 valence electrons. The summed E-state index contributed by atoms with van der Waals surface area (Å²) in [4.78, 5) is 12.3. The number of halogens is 1. The first kappa shape index (κ1) is 24.4. The van der Waals surface area contributed by atoms with Gasteiger partial charge in [-0.15, -0.1) is 0 Å². The summed E-state index contributed by atoms with van der Waals surface area (Å²) in [6.07, 6.45) is 0.728. The van der Waals surface area contributed by atoms with Crippen LogP contribution >= 0.6 is 11.6 Å². The number of aryl methyl sites for hydroxylation is 1. The Hall–Kier alpha value is -3.23. The zero-order chi connectivity index (χ0) is 23.8. The zero-order valence-electron chi connectivity index (χ0n) is 18.3. The number of rotatable bonds is 10. The van der Waals surface area contributed by atoms with Gasteiger partial charge in [-0.1, -0.05) is 23.7 Å². The molecule has 3 aromatic rings. The Balaban J connectivity index is 1.73. The van der Waals surface area contributed by atoms with E-state index in [4.69, 9.17) is 21.1 Å². The number of benzene rings is 3. The lowest BCUT2D eigenvalue weighted by molar-refractivity contribution is -0.116. The van der Waals surface area contributed by atoms with Gasteiger partial charge in [-0.3, -0.25) is 9.52 Å². The Morgan fingerprint density at radius 2 is 1.73 bits per heavy atom. The standard InChI is InChI=1S/C24H25ClN2O5S/c1-3-32-21-11-8-19(9-12-21)27-33(29,30)23-16-20(10-13-22(23)31-2)26-24(28)14-7-17-5-4-6-18(25)15-17/h4-6,8-13,15-16,27H,3,7,14H2,1-2H3,(H,26,28). The van der Waals surface area contributed by atoms with Gasteiger partial charge in [-0.05, 0) is 73.5 Å². The first-order chi connectivity index (χ1) is 15.8. The lowest BCUT2D eigenvalue weighted by Crippen LogP contribution is -2.16. The van der Waals surface area contributed by atoms with E-state index in [1.807, 2.05) is 19.1 Å². The minimum Gasteiger partial charge on any atom is -0.495 e. The average Bonchev–Trinajstić information content (AvgIpc) is 2.79. The minimum atomic E-state index is -3.98. The molecule has 0 saturated carbocycles. The molecule has 0 radical (unpaired) electrons. The molecule has 7 nitrogen and oxygen atoms in total. The molecule has 0 aromatic heterocycles. The van der Waals surface area contributed by atoms with E-state index in [9.17, 15) is 13.2 Å². The molecule has 0 atom stereocenters. The van der Waals surface area contributed by atoms with E-state index >= 15 is 0 Å². The predicted octanol–water partition coefficient (Wildman–Crippen LogP) is 5.12. The highest BCUT2D eigenvalue weighted by molar-refractivity contribution is 7.92. The van der Waals surface area contributed by atoms with Crippen molar-refractivity contribution in [2.45, 2.75) is 24.7 Å². The normalized spacial score (nSPS) is 11.0. The van der Waals surface area contributed by atoms with E-state index in [1.54, 1.807) is 42.5 Å². The van der Waals surface area contributed by atoms with E-state index in [1.165, 1.54) is 19.2 Å². The van der Waals surface area contributed by atoms with Crippen LogP contribution in [-0.4, -0.2) is 28.0 Å². The quantitative estimate of drug-likeness (QED) is 0.413. The number of anilines is 2. The maximum atomic E-state index is 13.0. The first-order valence-corrected chi connectivity index (χ1v) is 12.1. The van der Waals surface area contributed by atoms with Gasteiger partial charge in [0.1, 0.15) is 16.4 Å². The van der Waals surface area contributed by atoms with Crippen molar-refractivity contribution in [2.75, 3.05) is 23.8 Å². The van der Waals surface area contributed by atoms with Crippen molar-refractivity contribution in [2.24, 2.45) is 0 Å². The minimum absolute atomic E-state index is 0.0912. The molecule has 2 N–H and O–H groups in total. The Labute approximate surface area is 198 Å². The van der Waals surface area contributed by atoms with Gasteiger partial charge in [0.25, 0.3) is 10.0 Å². The number of amides is 1. The fourth-order valence-electron chi connectivity index (χ4n) is 3.13. The molecule has 33 heavy (non-hydrogen) atoms. The van der Waals surface area contributed by atoms with Crippen LogP contribution in [-0.2, 0) is 21.2 Å². The fourth-order valence-corrected chi connectivity index (χ4v) is 4.60. The van der Waals surface area contributed by atoms with Crippen LogP contribution in [0.5, 0.6) is 11.5 Å². The molecule has 0 fully saturated rings. The zero-order valence-corrected chi connectivity index (χ0v) is 19.9. The summed E-state index contributed by atoms with van der Waals surface area (Å²) < 4.78 is 39.2. The van der Waals surface area contributed by atoms with E-state index in [0.29, 0.717) is 35.2 Å². The molecule has 0 aliphatic rings. The molecule has 3 rings (SSSR count). The largest absolute Gasteiger partial charge is 0.495 e. The number of methoxy groups -OCH3 is 1. The first-order valence-electron chi connectivity index (χ1n) is 10.3. The van der Waals surface area contributed by atoms with Crippen LogP contribution in [0.25, 0.3) is 0 Å². The summed E-state index contributed by atoms with van der Waals surface area (Å²) in [5.74, 6) is 0.550. The number of hydrogen-bond acceptors (Lipinski definition) is 5. The van der Waals surface area contributed by atoms with Gasteiger partial charge in [0, 0.05) is 22.8 Å². The molecule has 3 aromatic carbocycles. The van der Waals surface area contributed by atoms with Gasteiger partial charge >= 0.3 is 0 Å². The van der Waals surface area contributed by atoms with Gasteiger partial charge in [0.05, 0.1) is 13.7 Å². The molecule has 0 spiro atoms. The average molecular weight is 489 g/mol. The number of carbonyl (C=O) groups is 1. The van der Waals surface area contributed by atoms with E-state index < -0.39 is 10.0 Å². The lowest BCUT2D eigenvalue weighted by Gasteiger charge is -2.14. The Morgan fingerprint density at radius 3 is 2.39 bits per heavy atom.